The molecule has 0 aromatic carbocycles. The van der Waals surface area contributed by atoms with Gasteiger partial charge in [-0.15, -0.1) is 0 Å². The zero-order valence-corrected chi connectivity index (χ0v) is 9.18. The standard InChI is InChI=1S/C8H7N5O3S/c9-7(14)13-17(15,16)8-11-4-5-2-1-3-10-6(5)12-8/h1-4H,(H3,9,13,14). The van der Waals surface area contributed by atoms with Gasteiger partial charge >= 0.3 is 16.1 Å². The van der Waals surface area contributed by atoms with Gasteiger partial charge in [-0.05, 0) is 12.1 Å². The highest BCUT2D eigenvalue weighted by atomic mass is 32.2. The summed E-state index contributed by atoms with van der Waals surface area (Å²) in [5.74, 6) is 0. The lowest BCUT2D eigenvalue weighted by atomic mass is 10.3. The maximum absolute atomic E-state index is 11.5. The Kier molecular flexibility index (Phi) is 2.60. The Bertz CT molecular complexity index is 684. The third kappa shape index (κ3) is 2.28. The van der Waals surface area contributed by atoms with Crippen LogP contribution in [0.2, 0.25) is 0 Å². The molecule has 0 saturated heterocycles. The van der Waals surface area contributed by atoms with Crippen molar-refractivity contribution in [2.75, 3.05) is 0 Å². The molecule has 2 aromatic rings. The van der Waals surface area contributed by atoms with Crippen molar-refractivity contribution in [2.24, 2.45) is 5.73 Å². The molecule has 9 heteroatoms. The SMILES string of the molecule is NC(=O)NS(=O)(=O)c1ncc2cccnc2n1. The first kappa shape index (κ1) is 11.2. The number of carbonyl (C=O) groups is 1. The molecule has 17 heavy (non-hydrogen) atoms. The average Bonchev–Trinajstić information content (AvgIpc) is 2.26. The number of amides is 2. The van der Waals surface area contributed by atoms with Gasteiger partial charge in [-0.2, -0.15) is 13.4 Å². The summed E-state index contributed by atoms with van der Waals surface area (Å²) in [6.45, 7) is 0. The maximum Gasteiger partial charge on any atom is 0.326 e. The van der Waals surface area contributed by atoms with Crippen LogP contribution in [0.4, 0.5) is 4.79 Å². The Morgan fingerprint density at radius 3 is 2.82 bits per heavy atom. The number of hydrogen-bond donors (Lipinski definition) is 2. The number of nitrogens with two attached hydrogens (primary N) is 1. The van der Waals surface area contributed by atoms with Crippen molar-refractivity contribution < 1.29 is 13.2 Å². The van der Waals surface area contributed by atoms with E-state index in [9.17, 15) is 13.2 Å². The zero-order chi connectivity index (χ0) is 12.5. The van der Waals surface area contributed by atoms with Crippen molar-refractivity contribution >= 4 is 27.1 Å². The average molecular weight is 253 g/mol. The first-order chi connectivity index (χ1) is 7.99. The van der Waals surface area contributed by atoms with Crippen LogP contribution in [-0.2, 0) is 10.0 Å². The lowest BCUT2D eigenvalue weighted by molar-refractivity contribution is 0.253. The van der Waals surface area contributed by atoms with Gasteiger partial charge in [-0.1, -0.05) is 0 Å². The van der Waals surface area contributed by atoms with Crippen LogP contribution in [0.25, 0.3) is 11.0 Å². The van der Waals surface area contributed by atoms with E-state index in [4.69, 9.17) is 5.73 Å². The monoisotopic (exact) mass is 253 g/mol. The Morgan fingerprint density at radius 2 is 2.12 bits per heavy atom. The van der Waals surface area contributed by atoms with Crippen molar-refractivity contribution in [2.45, 2.75) is 5.16 Å². The summed E-state index contributed by atoms with van der Waals surface area (Å²) in [7, 11) is -4.14. The molecule has 0 spiro atoms. The van der Waals surface area contributed by atoms with E-state index < -0.39 is 21.2 Å². The summed E-state index contributed by atoms with van der Waals surface area (Å²) in [6, 6.07) is 2.15. The van der Waals surface area contributed by atoms with E-state index in [1.807, 2.05) is 0 Å². The fourth-order valence-electron chi connectivity index (χ4n) is 1.16. The number of carbonyl (C=O) groups excluding carboxylic acids is 1. The number of urea groups is 1. The minimum atomic E-state index is -4.14. The summed E-state index contributed by atoms with van der Waals surface area (Å²) < 4.78 is 24.6. The predicted molar refractivity (Wildman–Crippen MR) is 57.2 cm³/mol. The minimum absolute atomic E-state index is 0.215. The predicted octanol–water partition coefficient (Wildman–Crippen LogP) is -0.618. The first-order valence-electron chi connectivity index (χ1n) is 4.39. The summed E-state index contributed by atoms with van der Waals surface area (Å²) in [4.78, 5) is 21.7. The first-order valence-corrected chi connectivity index (χ1v) is 5.87. The molecule has 88 valence electrons. The van der Waals surface area contributed by atoms with Crippen LogP contribution in [-0.4, -0.2) is 29.4 Å². The Labute approximate surface area is 95.9 Å². The van der Waals surface area contributed by atoms with Crippen LogP contribution in [0, 0.1) is 0 Å². The molecule has 0 atom stereocenters. The Morgan fingerprint density at radius 1 is 1.35 bits per heavy atom. The number of nitrogens with zero attached hydrogens (tertiary/aromatic N) is 3. The summed E-state index contributed by atoms with van der Waals surface area (Å²) >= 11 is 0. The second kappa shape index (κ2) is 3.94. The second-order valence-electron chi connectivity index (χ2n) is 3.04. The van der Waals surface area contributed by atoms with Crippen LogP contribution in [0.5, 0.6) is 0 Å². The molecule has 2 amide bonds. The van der Waals surface area contributed by atoms with Gasteiger partial charge in [0.1, 0.15) is 0 Å². The molecule has 8 nitrogen and oxygen atoms in total. The topological polar surface area (TPSA) is 128 Å². The number of fused-ring (bicyclic) bond motifs is 1. The van der Waals surface area contributed by atoms with Crippen LogP contribution < -0.4 is 10.5 Å². The number of sulfonamides is 1. The van der Waals surface area contributed by atoms with Gasteiger partial charge in [0.2, 0.25) is 0 Å². The molecule has 0 radical (unpaired) electrons. The Hall–Kier alpha value is -2.29. The van der Waals surface area contributed by atoms with E-state index in [1.54, 1.807) is 16.9 Å². The molecule has 0 bridgehead atoms. The number of aromatic nitrogens is 3. The molecule has 0 aliphatic carbocycles. The highest BCUT2D eigenvalue weighted by molar-refractivity contribution is 7.89. The maximum atomic E-state index is 11.5. The van der Waals surface area contributed by atoms with Gasteiger partial charge < -0.3 is 5.73 Å². The highest BCUT2D eigenvalue weighted by Gasteiger charge is 2.19. The van der Waals surface area contributed by atoms with Crippen LogP contribution in [0.3, 0.4) is 0 Å². The molecule has 0 aliphatic rings. The van der Waals surface area contributed by atoms with E-state index >= 15 is 0 Å². The molecule has 0 aliphatic heterocycles. The van der Waals surface area contributed by atoms with Crippen molar-refractivity contribution in [3.63, 3.8) is 0 Å². The lowest BCUT2D eigenvalue weighted by Gasteiger charge is -2.02. The fraction of sp³-hybridized carbons (Fsp3) is 0. The van der Waals surface area contributed by atoms with E-state index in [2.05, 4.69) is 15.0 Å². The smallest absolute Gasteiger partial charge is 0.326 e. The molecular formula is C8H7N5O3S. The number of hydrogen-bond acceptors (Lipinski definition) is 6. The number of rotatable bonds is 2. The molecule has 2 rings (SSSR count). The molecule has 0 fully saturated rings. The van der Waals surface area contributed by atoms with Gasteiger partial charge in [-0.3, -0.25) is 0 Å². The van der Waals surface area contributed by atoms with Crippen molar-refractivity contribution in [3.05, 3.63) is 24.5 Å². The van der Waals surface area contributed by atoms with Crippen LogP contribution >= 0.6 is 0 Å². The lowest BCUT2D eigenvalue weighted by Crippen LogP contribution is -2.35. The van der Waals surface area contributed by atoms with Gasteiger partial charge in [-0.25, -0.2) is 19.5 Å². The quantitative estimate of drug-likeness (QED) is 0.686. The molecule has 0 saturated carbocycles. The van der Waals surface area contributed by atoms with E-state index in [-0.39, 0.29) is 5.65 Å². The van der Waals surface area contributed by atoms with E-state index in [0.717, 1.165) is 0 Å². The van der Waals surface area contributed by atoms with Gasteiger partial charge in [0.15, 0.2) is 5.65 Å². The summed E-state index contributed by atoms with van der Waals surface area (Å²) in [5.41, 5.74) is 4.94. The van der Waals surface area contributed by atoms with Crippen LogP contribution in [0.1, 0.15) is 0 Å². The number of primary amides is 1. The van der Waals surface area contributed by atoms with Crippen molar-refractivity contribution in [3.8, 4) is 0 Å². The van der Waals surface area contributed by atoms with E-state index in [0.29, 0.717) is 5.39 Å². The zero-order valence-electron chi connectivity index (χ0n) is 8.36. The summed E-state index contributed by atoms with van der Waals surface area (Å²) in [6.07, 6.45) is 2.76. The van der Waals surface area contributed by atoms with Crippen molar-refractivity contribution in [1.29, 1.82) is 0 Å². The molecule has 3 N–H and O–H groups in total. The fourth-order valence-corrected chi connectivity index (χ4v) is 1.91. The molecule has 0 unspecified atom stereocenters. The minimum Gasteiger partial charge on any atom is -0.351 e. The Balaban J connectivity index is 2.53. The third-order valence-corrected chi connectivity index (χ3v) is 2.96. The molecular weight excluding hydrogens is 246 g/mol. The van der Waals surface area contributed by atoms with Gasteiger partial charge in [0.05, 0.1) is 0 Å². The summed E-state index contributed by atoms with van der Waals surface area (Å²) in [5, 5.41) is 0.0352. The van der Waals surface area contributed by atoms with Gasteiger partial charge in [0.25, 0.3) is 5.16 Å². The number of nitrogens with one attached hydrogen (secondary N) is 1. The molecule has 2 heterocycles. The largest absolute Gasteiger partial charge is 0.351 e. The third-order valence-electron chi connectivity index (χ3n) is 1.81. The normalized spacial score (nSPS) is 11.3. The van der Waals surface area contributed by atoms with Crippen molar-refractivity contribution in [1.82, 2.24) is 19.7 Å². The number of pyridine rings is 1. The highest BCUT2D eigenvalue weighted by Crippen LogP contribution is 2.09. The van der Waals surface area contributed by atoms with Gasteiger partial charge in [0, 0.05) is 17.8 Å². The second-order valence-corrected chi connectivity index (χ2v) is 4.61. The molecule has 2 aromatic heterocycles. The van der Waals surface area contributed by atoms with Crippen LogP contribution in [0.15, 0.2) is 29.7 Å². The van der Waals surface area contributed by atoms with E-state index in [1.165, 1.54) is 12.4 Å².